The quantitative estimate of drug-likeness (QED) is 0.879. The highest BCUT2D eigenvalue weighted by Gasteiger charge is 2.07. The van der Waals surface area contributed by atoms with Gasteiger partial charge in [-0.15, -0.1) is 0 Å². The van der Waals surface area contributed by atoms with Crippen LogP contribution in [0.4, 0.5) is 10.1 Å². The molecule has 1 unspecified atom stereocenters. The van der Waals surface area contributed by atoms with Crippen molar-refractivity contribution in [2.75, 3.05) is 12.4 Å². The van der Waals surface area contributed by atoms with Crippen molar-refractivity contribution in [1.82, 2.24) is 0 Å². The predicted octanol–water partition coefficient (Wildman–Crippen LogP) is 4.66. The molecule has 19 heavy (non-hydrogen) atoms. The van der Waals surface area contributed by atoms with Crippen LogP contribution in [-0.4, -0.2) is 7.11 Å². The van der Waals surface area contributed by atoms with Gasteiger partial charge in [-0.1, -0.05) is 23.7 Å². The fraction of sp³-hybridized carbons (Fsp3) is 0.200. The molecule has 0 aliphatic heterocycles. The monoisotopic (exact) mass is 279 g/mol. The van der Waals surface area contributed by atoms with Gasteiger partial charge in [0.2, 0.25) is 0 Å². The number of rotatable bonds is 4. The van der Waals surface area contributed by atoms with Crippen LogP contribution in [0.3, 0.4) is 0 Å². The molecule has 0 radical (unpaired) electrons. The van der Waals surface area contributed by atoms with Crippen molar-refractivity contribution < 1.29 is 9.13 Å². The zero-order valence-corrected chi connectivity index (χ0v) is 11.5. The molecule has 2 rings (SSSR count). The largest absolute Gasteiger partial charge is 0.497 e. The zero-order chi connectivity index (χ0) is 13.8. The summed E-state index contributed by atoms with van der Waals surface area (Å²) in [4.78, 5) is 0. The van der Waals surface area contributed by atoms with Crippen LogP contribution in [0, 0.1) is 5.82 Å². The molecule has 0 aromatic heterocycles. The third kappa shape index (κ3) is 3.61. The van der Waals surface area contributed by atoms with Gasteiger partial charge in [0.05, 0.1) is 7.11 Å². The molecular weight excluding hydrogens is 265 g/mol. The second kappa shape index (κ2) is 5.93. The summed E-state index contributed by atoms with van der Waals surface area (Å²) in [5.41, 5.74) is 1.71. The Morgan fingerprint density at radius 2 is 2.00 bits per heavy atom. The standard InChI is InChI=1S/C15H15ClFNO/c1-10(11-4-3-5-15(6-11)19-2)18-14-8-12(16)7-13(17)9-14/h3-10,18H,1-2H3. The third-order valence-corrected chi connectivity index (χ3v) is 3.06. The SMILES string of the molecule is COc1cccc(C(C)Nc2cc(F)cc(Cl)c2)c1. The molecule has 2 aromatic carbocycles. The van der Waals surface area contributed by atoms with Crippen LogP contribution in [0.5, 0.6) is 5.75 Å². The molecule has 100 valence electrons. The summed E-state index contributed by atoms with van der Waals surface area (Å²) < 4.78 is 18.4. The predicted molar refractivity (Wildman–Crippen MR) is 76.4 cm³/mol. The van der Waals surface area contributed by atoms with Crippen LogP contribution in [0.2, 0.25) is 5.02 Å². The Kier molecular flexibility index (Phi) is 4.27. The van der Waals surface area contributed by atoms with Gasteiger partial charge in [-0.3, -0.25) is 0 Å². The van der Waals surface area contributed by atoms with E-state index >= 15 is 0 Å². The van der Waals surface area contributed by atoms with Crippen molar-refractivity contribution >= 4 is 17.3 Å². The molecule has 0 aliphatic carbocycles. The van der Waals surface area contributed by atoms with Crippen LogP contribution in [0.1, 0.15) is 18.5 Å². The van der Waals surface area contributed by atoms with Gasteiger partial charge >= 0.3 is 0 Å². The van der Waals surface area contributed by atoms with E-state index in [0.717, 1.165) is 11.3 Å². The van der Waals surface area contributed by atoms with Gasteiger partial charge in [-0.25, -0.2) is 4.39 Å². The van der Waals surface area contributed by atoms with Crippen molar-refractivity contribution in [3.8, 4) is 5.75 Å². The van der Waals surface area contributed by atoms with Gasteiger partial charge in [0, 0.05) is 16.8 Å². The van der Waals surface area contributed by atoms with Crippen molar-refractivity contribution in [2.45, 2.75) is 13.0 Å². The first-order chi connectivity index (χ1) is 9.08. The molecule has 1 atom stereocenters. The lowest BCUT2D eigenvalue weighted by Crippen LogP contribution is -2.06. The number of hydrogen-bond acceptors (Lipinski definition) is 2. The van der Waals surface area contributed by atoms with E-state index in [4.69, 9.17) is 16.3 Å². The highest BCUT2D eigenvalue weighted by atomic mass is 35.5. The van der Waals surface area contributed by atoms with Crippen molar-refractivity contribution in [3.05, 3.63) is 58.9 Å². The van der Waals surface area contributed by atoms with Gasteiger partial charge in [0.15, 0.2) is 0 Å². The molecule has 1 N–H and O–H groups in total. The number of anilines is 1. The van der Waals surface area contributed by atoms with Crippen LogP contribution < -0.4 is 10.1 Å². The normalized spacial score (nSPS) is 12.0. The number of methoxy groups -OCH3 is 1. The second-order valence-electron chi connectivity index (χ2n) is 4.30. The molecule has 0 aliphatic rings. The summed E-state index contributed by atoms with van der Waals surface area (Å²) in [6.45, 7) is 1.99. The van der Waals surface area contributed by atoms with E-state index in [1.54, 1.807) is 13.2 Å². The lowest BCUT2D eigenvalue weighted by atomic mass is 10.1. The van der Waals surface area contributed by atoms with Gasteiger partial charge in [-0.05, 0) is 42.8 Å². The fourth-order valence-corrected chi connectivity index (χ4v) is 2.10. The third-order valence-electron chi connectivity index (χ3n) is 2.84. The van der Waals surface area contributed by atoms with Crippen molar-refractivity contribution in [1.29, 1.82) is 0 Å². The molecule has 2 aromatic rings. The van der Waals surface area contributed by atoms with Crippen LogP contribution >= 0.6 is 11.6 Å². The summed E-state index contributed by atoms with van der Waals surface area (Å²) in [7, 11) is 1.63. The lowest BCUT2D eigenvalue weighted by molar-refractivity contribution is 0.414. The van der Waals surface area contributed by atoms with Crippen molar-refractivity contribution in [3.63, 3.8) is 0 Å². The molecule has 0 amide bonds. The number of halogens is 2. The lowest BCUT2D eigenvalue weighted by Gasteiger charge is -2.16. The molecule has 0 saturated carbocycles. The van der Waals surface area contributed by atoms with E-state index in [-0.39, 0.29) is 11.9 Å². The van der Waals surface area contributed by atoms with E-state index in [0.29, 0.717) is 10.7 Å². The minimum Gasteiger partial charge on any atom is -0.497 e. The van der Waals surface area contributed by atoms with Gasteiger partial charge in [0.25, 0.3) is 0 Å². The summed E-state index contributed by atoms with van der Waals surface area (Å²) >= 11 is 5.83. The summed E-state index contributed by atoms with van der Waals surface area (Å²) in [5.74, 6) is 0.441. The van der Waals surface area contributed by atoms with Gasteiger partial charge in [0.1, 0.15) is 11.6 Å². The summed E-state index contributed by atoms with van der Waals surface area (Å²) in [6.07, 6.45) is 0. The molecule has 2 nitrogen and oxygen atoms in total. The number of nitrogens with one attached hydrogen (secondary N) is 1. The molecular formula is C15H15ClFNO. The summed E-state index contributed by atoms with van der Waals surface area (Å²) in [5, 5.41) is 3.59. The minimum atomic E-state index is -0.354. The molecule has 0 bridgehead atoms. The van der Waals surface area contributed by atoms with Crippen LogP contribution in [0.25, 0.3) is 0 Å². The average Bonchev–Trinajstić information content (AvgIpc) is 2.37. The molecule has 0 saturated heterocycles. The van der Waals surface area contributed by atoms with E-state index in [1.165, 1.54) is 12.1 Å². The Hall–Kier alpha value is -1.74. The maximum Gasteiger partial charge on any atom is 0.126 e. The first-order valence-electron chi connectivity index (χ1n) is 5.95. The highest BCUT2D eigenvalue weighted by Crippen LogP contribution is 2.25. The Labute approximate surface area is 117 Å². The topological polar surface area (TPSA) is 21.3 Å². The number of benzene rings is 2. The maximum absolute atomic E-state index is 13.3. The van der Waals surface area contributed by atoms with E-state index in [9.17, 15) is 4.39 Å². The Morgan fingerprint density at radius 3 is 2.68 bits per heavy atom. The van der Waals surface area contributed by atoms with Gasteiger partial charge in [-0.2, -0.15) is 0 Å². The molecule has 4 heteroatoms. The van der Waals surface area contributed by atoms with Crippen LogP contribution in [0.15, 0.2) is 42.5 Å². The highest BCUT2D eigenvalue weighted by molar-refractivity contribution is 6.30. The first-order valence-corrected chi connectivity index (χ1v) is 6.33. The van der Waals surface area contributed by atoms with Gasteiger partial charge < -0.3 is 10.1 Å². The molecule has 0 spiro atoms. The first kappa shape index (κ1) is 13.7. The maximum atomic E-state index is 13.3. The number of ether oxygens (including phenoxy) is 1. The Bertz CT molecular complexity index is 554. The molecule has 0 fully saturated rings. The zero-order valence-electron chi connectivity index (χ0n) is 10.8. The fourth-order valence-electron chi connectivity index (χ4n) is 1.88. The molecule has 0 heterocycles. The average molecular weight is 280 g/mol. The smallest absolute Gasteiger partial charge is 0.126 e. The van der Waals surface area contributed by atoms with E-state index < -0.39 is 0 Å². The summed E-state index contributed by atoms with van der Waals surface area (Å²) in [6, 6.07) is 12.2. The van der Waals surface area contributed by atoms with E-state index in [1.807, 2.05) is 31.2 Å². The van der Waals surface area contributed by atoms with Crippen molar-refractivity contribution in [2.24, 2.45) is 0 Å². The van der Waals surface area contributed by atoms with E-state index in [2.05, 4.69) is 5.32 Å². The second-order valence-corrected chi connectivity index (χ2v) is 4.74. The van der Waals surface area contributed by atoms with Crippen LogP contribution in [-0.2, 0) is 0 Å². The number of hydrogen-bond donors (Lipinski definition) is 1. The Balaban J connectivity index is 2.17. The minimum absolute atomic E-state index is 0.0213. The Morgan fingerprint density at radius 1 is 1.21 bits per heavy atom.